The number of benzene rings is 1. The molecule has 0 saturated carbocycles. The smallest absolute Gasteiger partial charge is 0.150 e. The van der Waals surface area contributed by atoms with Crippen LogP contribution < -0.4 is 0 Å². The van der Waals surface area contributed by atoms with Crippen LogP contribution in [0.25, 0.3) is 0 Å². The Labute approximate surface area is 67.1 Å². The van der Waals surface area contributed by atoms with E-state index in [2.05, 4.69) is 6.42 Å². The molecule has 1 aromatic rings. The molecule has 0 bridgehead atoms. The Kier molecular flexibility index (Phi) is 2.84. The maximum Gasteiger partial charge on any atom is 0.150 e. The number of aldehydes is 1. The lowest BCUT2D eigenvalue weighted by Gasteiger charge is -1.96. The summed E-state index contributed by atoms with van der Waals surface area (Å²) < 4.78 is 0. The maximum atomic E-state index is 10.3. The monoisotopic (exact) mass is 147 g/mol. The van der Waals surface area contributed by atoms with E-state index < -0.39 is 0 Å². The van der Waals surface area contributed by atoms with E-state index in [1.54, 1.807) is 0 Å². The molecule has 1 radical (unpaired) electrons. The van der Waals surface area contributed by atoms with Gasteiger partial charge in [0.2, 0.25) is 0 Å². The normalized spacial score (nSPS) is 9.55. The molecule has 0 fully saturated rings. The number of rotatable bonds is 3. The van der Waals surface area contributed by atoms with Crippen molar-refractivity contribution in [1.82, 2.24) is 0 Å². The predicted octanol–water partition coefficient (Wildman–Crippen LogP) is 2.27. The zero-order chi connectivity index (χ0) is 8.10. The van der Waals surface area contributed by atoms with Crippen molar-refractivity contribution in [2.75, 3.05) is 0 Å². The van der Waals surface area contributed by atoms with E-state index in [-0.39, 0.29) is 0 Å². The molecule has 1 rings (SSSR count). The van der Waals surface area contributed by atoms with Crippen LogP contribution in [0.4, 0.5) is 0 Å². The van der Waals surface area contributed by atoms with E-state index in [0.29, 0.717) is 0 Å². The van der Waals surface area contributed by atoms with Gasteiger partial charge in [0.1, 0.15) is 6.29 Å². The summed E-state index contributed by atoms with van der Waals surface area (Å²) in [5, 5.41) is 0. The molecule has 0 unspecified atom stereocenters. The van der Waals surface area contributed by atoms with Crippen molar-refractivity contribution in [1.29, 1.82) is 0 Å². The van der Waals surface area contributed by atoms with Gasteiger partial charge < -0.3 is 0 Å². The first-order valence-corrected chi connectivity index (χ1v) is 3.68. The molecule has 57 valence electrons. The molecule has 0 aromatic heterocycles. The highest BCUT2D eigenvalue weighted by Gasteiger charge is 1.90. The molecule has 1 nitrogen and oxygen atoms in total. The Morgan fingerprint density at radius 2 is 1.91 bits per heavy atom. The Morgan fingerprint density at radius 1 is 1.27 bits per heavy atom. The Bertz CT molecular complexity index is 223. The third-order valence-electron chi connectivity index (χ3n) is 1.56. The minimum atomic E-state index is 0.741. The van der Waals surface area contributed by atoms with Crippen molar-refractivity contribution in [2.24, 2.45) is 0 Å². The number of hydrogen-bond acceptors (Lipinski definition) is 1. The van der Waals surface area contributed by atoms with Crippen LogP contribution in [0.15, 0.2) is 24.3 Å². The molecule has 0 atom stereocenters. The summed E-state index contributed by atoms with van der Waals surface area (Å²) in [6.07, 6.45) is 3.93. The lowest BCUT2D eigenvalue weighted by Crippen LogP contribution is -1.84. The molecule has 0 saturated heterocycles. The summed E-state index contributed by atoms with van der Waals surface area (Å²) in [4.78, 5) is 10.3. The third-order valence-corrected chi connectivity index (χ3v) is 1.56. The van der Waals surface area contributed by atoms with Gasteiger partial charge in [0.05, 0.1) is 0 Å². The number of hydrogen-bond donors (Lipinski definition) is 0. The van der Waals surface area contributed by atoms with Gasteiger partial charge in [-0.25, -0.2) is 0 Å². The summed E-state index contributed by atoms with van der Waals surface area (Å²) in [5.74, 6) is 0. The standard InChI is InChI=1S/C10H11O/c1-2-3-9-4-6-10(8-11)7-5-9/h2,4-8H,3H2,1H3. The molecule has 1 heteroatoms. The molecular weight excluding hydrogens is 136 g/mol. The summed E-state index contributed by atoms with van der Waals surface area (Å²) in [5.41, 5.74) is 1.99. The molecule has 0 spiro atoms. The number of carbonyl (C=O) groups is 1. The van der Waals surface area contributed by atoms with Crippen molar-refractivity contribution < 1.29 is 4.79 Å². The molecule has 0 aliphatic carbocycles. The average Bonchev–Trinajstić information content (AvgIpc) is 2.07. The average molecular weight is 147 g/mol. The van der Waals surface area contributed by atoms with Crippen molar-refractivity contribution in [3.63, 3.8) is 0 Å². The first kappa shape index (κ1) is 7.99. The van der Waals surface area contributed by atoms with Gasteiger partial charge in [-0.3, -0.25) is 4.79 Å². The van der Waals surface area contributed by atoms with Crippen molar-refractivity contribution in [3.8, 4) is 0 Å². The molecule has 0 heterocycles. The lowest BCUT2D eigenvalue weighted by molar-refractivity contribution is 0.112. The van der Waals surface area contributed by atoms with Crippen LogP contribution >= 0.6 is 0 Å². The van der Waals surface area contributed by atoms with Crippen LogP contribution in [-0.2, 0) is 6.42 Å². The largest absolute Gasteiger partial charge is 0.298 e. The van der Waals surface area contributed by atoms with Gasteiger partial charge in [0, 0.05) is 5.56 Å². The van der Waals surface area contributed by atoms with Gasteiger partial charge in [-0.15, -0.1) is 0 Å². The quantitative estimate of drug-likeness (QED) is 0.599. The summed E-state index contributed by atoms with van der Waals surface area (Å²) in [7, 11) is 0. The first-order valence-electron chi connectivity index (χ1n) is 3.68. The minimum absolute atomic E-state index is 0.741. The fourth-order valence-electron chi connectivity index (χ4n) is 0.968. The fraction of sp³-hybridized carbons (Fsp3) is 0.200. The van der Waals surface area contributed by atoms with Gasteiger partial charge in [0.25, 0.3) is 0 Å². The molecule has 0 N–H and O–H groups in total. The van der Waals surface area contributed by atoms with Gasteiger partial charge >= 0.3 is 0 Å². The SMILES string of the molecule is C[CH]Cc1ccc(C=O)cc1. The molecule has 0 aliphatic rings. The summed E-state index contributed by atoms with van der Waals surface area (Å²) >= 11 is 0. The van der Waals surface area contributed by atoms with Crippen LogP contribution in [0.5, 0.6) is 0 Å². The van der Waals surface area contributed by atoms with Crippen LogP contribution in [0.1, 0.15) is 22.8 Å². The first-order chi connectivity index (χ1) is 5.36. The molecule has 11 heavy (non-hydrogen) atoms. The van der Waals surface area contributed by atoms with Gasteiger partial charge in [-0.1, -0.05) is 31.2 Å². The Hall–Kier alpha value is -1.11. The molecule has 1 aromatic carbocycles. The predicted molar refractivity (Wildman–Crippen MR) is 45.5 cm³/mol. The highest BCUT2D eigenvalue weighted by molar-refractivity contribution is 5.74. The van der Waals surface area contributed by atoms with Gasteiger partial charge in [-0.05, 0) is 18.4 Å². The second kappa shape index (κ2) is 3.91. The maximum absolute atomic E-state index is 10.3. The zero-order valence-electron chi connectivity index (χ0n) is 6.58. The Morgan fingerprint density at radius 3 is 2.36 bits per heavy atom. The molecule has 0 amide bonds. The third kappa shape index (κ3) is 2.19. The summed E-state index contributed by atoms with van der Waals surface area (Å²) in [6, 6.07) is 7.63. The van der Waals surface area contributed by atoms with Crippen molar-refractivity contribution in [2.45, 2.75) is 13.3 Å². The highest BCUT2D eigenvalue weighted by Crippen LogP contribution is 2.03. The van der Waals surface area contributed by atoms with Crippen LogP contribution in [0.3, 0.4) is 0 Å². The Balaban J connectivity index is 2.74. The van der Waals surface area contributed by atoms with Crippen molar-refractivity contribution in [3.05, 3.63) is 41.8 Å². The molecular formula is C10H11O. The van der Waals surface area contributed by atoms with E-state index in [0.717, 1.165) is 18.3 Å². The molecule has 0 aliphatic heterocycles. The summed E-state index contributed by atoms with van der Waals surface area (Å²) in [6.45, 7) is 2.02. The van der Waals surface area contributed by atoms with E-state index in [1.165, 1.54) is 5.56 Å². The highest BCUT2D eigenvalue weighted by atomic mass is 16.1. The zero-order valence-corrected chi connectivity index (χ0v) is 6.58. The number of carbonyl (C=O) groups excluding carboxylic acids is 1. The van der Waals surface area contributed by atoms with Gasteiger partial charge in [-0.2, -0.15) is 0 Å². The van der Waals surface area contributed by atoms with Crippen LogP contribution in [0.2, 0.25) is 0 Å². The second-order valence-electron chi connectivity index (χ2n) is 2.47. The van der Waals surface area contributed by atoms with E-state index in [1.807, 2.05) is 31.2 Å². The van der Waals surface area contributed by atoms with Crippen molar-refractivity contribution >= 4 is 6.29 Å². The second-order valence-corrected chi connectivity index (χ2v) is 2.47. The lowest BCUT2D eigenvalue weighted by atomic mass is 10.1. The fourth-order valence-corrected chi connectivity index (χ4v) is 0.968. The van der Waals surface area contributed by atoms with Crippen LogP contribution in [-0.4, -0.2) is 6.29 Å². The van der Waals surface area contributed by atoms with E-state index in [9.17, 15) is 4.79 Å². The topological polar surface area (TPSA) is 17.1 Å². The van der Waals surface area contributed by atoms with E-state index >= 15 is 0 Å². The minimum Gasteiger partial charge on any atom is -0.298 e. The van der Waals surface area contributed by atoms with Crippen LogP contribution in [0, 0.1) is 6.42 Å². The van der Waals surface area contributed by atoms with Gasteiger partial charge in [0.15, 0.2) is 0 Å². The van der Waals surface area contributed by atoms with E-state index in [4.69, 9.17) is 0 Å².